The number of allylic oxidation sites excluding steroid dienone is 9. The fourth-order valence-electron chi connectivity index (χ4n) is 8.07. The molecule has 2 atom stereocenters. The Morgan fingerprint density at radius 3 is 1.11 bits per heavy atom. The first kappa shape index (κ1) is 69.8. The lowest BCUT2D eigenvalue weighted by molar-refractivity contribution is -0.120. The van der Waals surface area contributed by atoms with Gasteiger partial charge >= 0.3 is 0 Å². The molecule has 0 aliphatic carbocycles. The summed E-state index contributed by atoms with van der Waals surface area (Å²) >= 11 is 0. The van der Waals surface area contributed by atoms with Crippen LogP contribution in [0.4, 0.5) is 4.39 Å². The van der Waals surface area contributed by atoms with Gasteiger partial charge in [-0.3, -0.25) is 4.79 Å². The molecular formula is C62H120FNO. The van der Waals surface area contributed by atoms with Crippen molar-refractivity contribution in [1.82, 2.24) is 4.90 Å². The van der Waals surface area contributed by atoms with Crippen molar-refractivity contribution in [2.24, 2.45) is 0 Å². The maximum atomic E-state index is 14.0. The standard InChI is InChI=1S/C31H59N.C29H53FO.2CH4/c1-5-7-9-11-13-14-15-16-17-18-19-20-21-22-24-26-28-30-31(32(3)4)29-27-25-23-12-10-8-6-2;1-3-5-7-9-11-12-13-14-15-16-17-18-20-21-23-25-28(30)27-29(31)26-24-22-19-10-8-6-4-2;;/h13-14,16-17,28,30-31H,5-12,15,18-27,29H2,1-4H3;11-12,14-15,28H,3-10,13,16-27H2,1-2H3;2*1H4/b14-13-,17-16-,30-28+;12-11-,15-14-;;. The van der Waals surface area contributed by atoms with Crippen molar-refractivity contribution in [2.75, 3.05) is 14.1 Å². The third-order valence-corrected chi connectivity index (χ3v) is 12.4. The Morgan fingerprint density at radius 1 is 0.400 bits per heavy atom. The minimum Gasteiger partial charge on any atom is -0.303 e. The highest BCUT2D eigenvalue weighted by Crippen LogP contribution is 2.17. The Labute approximate surface area is 411 Å². The number of unbranched alkanes of at least 4 members (excludes halogenated alkanes) is 29. The van der Waals surface area contributed by atoms with Crippen molar-refractivity contribution in [3.05, 3.63) is 60.8 Å². The van der Waals surface area contributed by atoms with E-state index in [1.165, 1.54) is 199 Å². The number of carbonyl (C=O) groups is 1. The number of ketones is 1. The van der Waals surface area contributed by atoms with Crippen molar-refractivity contribution in [1.29, 1.82) is 0 Å². The van der Waals surface area contributed by atoms with Gasteiger partial charge in [0.25, 0.3) is 0 Å². The van der Waals surface area contributed by atoms with E-state index >= 15 is 0 Å². The molecule has 0 aromatic heterocycles. The molecule has 0 fully saturated rings. The highest BCUT2D eigenvalue weighted by molar-refractivity contribution is 5.78. The van der Waals surface area contributed by atoms with Gasteiger partial charge in [0.1, 0.15) is 12.0 Å². The number of alkyl halides is 1. The van der Waals surface area contributed by atoms with Crippen molar-refractivity contribution >= 4 is 5.78 Å². The molecule has 0 radical (unpaired) electrons. The highest BCUT2D eigenvalue weighted by atomic mass is 19.1. The molecule has 0 aliphatic heterocycles. The number of nitrogens with zero attached hydrogens (tertiary/aromatic N) is 1. The lowest BCUT2D eigenvalue weighted by atomic mass is 10.0. The van der Waals surface area contributed by atoms with Crippen LogP contribution in [0.5, 0.6) is 0 Å². The Kier molecular flexibility index (Phi) is 66.9. The maximum Gasteiger partial charge on any atom is 0.135 e. The summed E-state index contributed by atoms with van der Waals surface area (Å²) in [6, 6.07) is 0.628. The molecular weight excluding hydrogens is 794 g/mol. The molecule has 65 heavy (non-hydrogen) atoms. The van der Waals surface area contributed by atoms with E-state index in [0.717, 1.165) is 44.9 Å². The van der Waals surface area contributed by atoms with Gasteiger partial charge in [0.2, 0.25) is 0 Å². The lowest BCUT2D eigenvalue weighted by Crippen LogP contribution is -2.25. The van der Waals surface area contributed by atoms with Crippen LogP contribution < -0.4 is 0 Å². The third-order valence-electron chi connectivity index (χ3n) is 12.4. The smallest absolute Gasteiger partial charge is 0.135 e. The fraction of sp³-hybridized carbons (Fsp3) is 0.823. The maximum absolute atomic E-state index is 14.0. The number of halogens is 1. The van der Waals surface area contributed by atoms with Gasteiger partial charge in [-0.05, 0) is 110 Å². The van der Waals surface area contributed by atoms with Crippen LogP contribution in [0, 0.1) is 0 Å². The average Bonchev–Trinajstić information content (AvgIpc) is 3.27. The number of Topliss-reactive ketones (excluding diaryl/α,β-unsaturated/α-hetero) is 1. The molecule has 0 saturated heterocycles. The number of rotatable bonds is 48. The summed E-state index contributed by atoms with van der Waals surface area (Å²) in [7, 11) is 4.46. The summed E-state index contributed by atoms with van der Waals surface area (Å²) in [5.41, 5.74) is 0. The van der Waals surface area contributed by atoms with Gasteiger partial charge in [-0.15, -0.1) is 0 Å². The van der Waals surface area contributed by atoms with Crippen LogP contribution in [0.3, 0.4) is 0 Å². The molecule has 0 spiro atoms. The molecule has 386 valence electrons. The number of hydrogen-bond acceptors (Lipinski definition) is 2. The zero-order valence-electron chi connectivity index (χ0n) is 43.7. The molecule has 2 unspecified atom stereocenters. The van der Waals surface area contributed by atoms with Crippen molar-refractivity contribution < 1.29 is 9.18 Å². The lowest BCUT2D eigenvalue weighted by Gasteiger charge is -2.21. The summed E-state index contributed by atoms with van der Waals surface area (Å²) in [5, 5.41) is 0. The summed E-state index contributed by atoms with van der Waals surface area (Å²) in [5.74, 6) is 0.128. The molecule has 3 heteroatoms. The molecule has 0 rings (SSSR count). The molecule has 0 aliphatic rings. The Hall–Kier alpha value is -1.74. The van der Waals surface area contributed by atoms with Crippen LogP contribution in [-0.4, -0.2) is 37.0 Å². The van der Waals surface area contributed by atoms with Crippen LogP contribution in [0.2, 0.25) is 0 Å². The van der Waals surface area contributed by atoms with E-state index in [-0.39, 0.29) is 27.1 Å². The summed E-state index contributed by atoms with van der Waals surface area (Å²) in [6.07, 6.45) is 72.3. The number of carbonyl (C=O) groups excluding carboxylic acids is 1. The van der Waals surface area contributed by atoms with E-state index in [9.17, 15) is 9.18 Å². The predicted octanol–water partition coefficient (Wildman–Crippen LogP) is 21.9. The SMILES string of the molecule is C.C.CCCCC/C=C\C/C=C\CCCCCCC/C=C/C(CCCCCCCCC)N(C)C.CCCCC/C=C\C/C=C\CCCCCCCC(F)CC(=O)CCCCCCCCC. The van der Waals surface area contributed by atoms with E-state index < -0.39 is 6.17 Å². The van der Waals surface area contributed by atoms with Gasteiger partial charge in [0, 0.05) is 18.9 Å². The van der Waals surface area contributed by atoms with Gasteiger partial charge in [0.15, 0.2) is 0 Å². The first-order valence-electron chi connectivity index (χ1n) is 28.0. The quantitative estimate of drug-likeness (QED) is 0.0448. The van der Waals surface area contributed by atoms with Gasteiger partial charge in [0.05, 0.1) is 0 Å². The summed E-state index contributed by atoms with van der Waals surface area (Å²) in [6.45, 7) is 9.03. The Balaban J connectivity index is -0.000000556. The van der Waals surface area contributed by atoms with E-state index in [0.29, 0.717) is 18.9 Å². The summed E-state index contributed by atoms with van der Waals surface area (Å²) in [4.78, 5) is 14.3. The second-order valence-corrected chi connectivity index (χ2v) is 19.1. The van der Waals surface area contributed by atoms with Crippen molar-refractivity contribution in [3.63, 3.8) is 0 Å². The fourth-order valence-corrected chi connectivity index (χ4v) is 8.07. The van der Waals surface area contributed by atoms with Crippen LogP contribution in [0.1, 0.15) is 306 Å². The highest BCUT2D eigenvalue weighted by Gasteiger charge is 2.12. The molecule has 0 aromatic rings. The minimum atomic E-state index is -0.921. The first-order valence-corrected chi connectivity index (χ1v) is 28.0. The van der Waals surface area contributed by atoms with Crippen LogP contribution >= 0.6 is 0 Å². The molecule has 0 bridgehead atoms. The molecule has 0 saturated carbocycles. The minimum absolute atomic E-state index is 0. The second kappa shape index (κ2) is 62.3. The van der Waals surface area contributed by atoms with Crippen LogP contribution in [0.25, 0.3) is 0 Å². The molecule has 0 N–H and O–H groups in total. The van der Waals surface area contributed by atoms with Gasteiger partial charge in [-0.1, -0.05) is 257 Å². The van der Waals surface area contributed by atoms with E-state index in [2.05, 4.69) is 107 Å². The Morgan fingerprint density at radius 2 is 0.708 bits per heavy atom. The molecule has 0 amide bonds. The molecule has 0 aromatic carbocycles. The van der Waals surface area contributed by atoms with E-state index in [4.69, 9.17) is 0 Å². The van der Waals surface area contributed by atoms with Gasteiger partial charge in [-0.25, -0.2) is 4.39 Å². The topological polar surface area (TPSA) is 20.3 Å². The largest absolute Gasteiger partial charge is 0.303 e. The first-order chi connectivity index (χ1) is 30.9. The number of hydrogen-bond donors (Lipinski definition) is 0. The molecule has 2 nitrogen and oxygen atoms in total. The van der Waals surface area contributed by atoms with Gasteiger partial charge < -0.3 is 4.90 Å². The van der Waals surface area contributed by atoms with E-state index in [1.807, 2.05) is 0 Å². The zero-order valence-corrected chi connectivity index (χ0v) is 43.7. The Bertz CT molecular complexity index is 1020. The summed E-state index contributed by atoms with van der Waals surface area (Å²) < 4.78 is 14.0. The average molecular weight is 915 g/mol. The van der Waals surface area contributed by atoms with Crippen LogP contribution in [-0.2, 0) is 4.79 Å². The van der Waals surface area contributed by atoms with Crippen molar-refractivity contribution in [3.8, 4) is 0 Å². The van der Waals surface area contributed by atoms with E-state index in [1.54, 1.807) is 0 Å². The second-order valence-electron chi connectivity index (χ2n) is 19.1. The van der Waals surface area contributed by atoms with Crippen LogP contribution in [0.15, 0.2) is 60.8 Å². The third kappa shape index (κ3) is 62.3. The monoisotopic (exact) mass is 914 g/mol. The molecule has 0 heterocycles. The predicted molar refractivity (Wildman–Crippen MR) is 299 cm³/mol. The zero-order chi connectivity index (χ0) is 46.4. The number of likely N-dealkylation sites (N-methyl/N-ethyl adjacent to an activating group) is 1. The van der Waals surface area contributed by atoms with Gasteiger partial charge in [-0.2, -0.15) is 0 Å². The normalized spacial score (nSPS) is 12.7. The van der Waals surface area contributed by atoms with Crippen molar-refractivity contribution in [2.45, 2.75) is 318 Å².